The van der Waals surface area contributed by atoms with Crippen LogP contribution >= 0.6 is 0 Å². The Balaban J connectivity index is 2.52. The van der Waals surface area contributed by atoms with Crippen LogP contribution in [0.15, 0.2) is 41.4 Å². The number of aliphatic hydroxyl groups excluding tert-OH is 1. The summed E-state index contributed by atoms with van der Waals surface area (Å²) in [5.41, 5.74) is 1.00. The smallest absolute Gasteiger partial charge is 0.246 e. The quantitative estimate of drug-likeness (QED) is 0.802. The molecule has 0 aliphatic rings. The number of nitrogens with zero attached hydrogens (tertiary/aromatic N) is 3. The van der Waals surface area contributed by atoms with Gasteiger partial charge >= 0.3 is 0 Å². The summed E-state index contributed by atoms with van der Waals surface area (Å²) in [6, 6.07) is 9.44. The van der Waals surface area contributed by atoms with Gasteiger partial charge in [-0.05, 0) is 19.4 Å². The number of benzene rings is 1. The lowest BCUT2D eigenvalue weighted by atomic mass is 9.92. The summed E-state index contributed by atoms with van der Waals surface area (Å²) in [6.45, 7) is 9.78. The van der Waals surface area contributed by atoms with Crippen molar-refractivity contribution in [2.45, 2.75) is 57.5 Å². The number of aromatic nitrogens is 2. The van der Waals surface area contributed by atoms with Crippen molar-refractivity contribution in [3.8, 4) is 0 Å². The van der Waals surface area contributed by atoms with Crippen molar-refractivity contribution in [1.82, 2.24) is 14.1 Å². The molecule has 2 aromatic rings. The zero-order valence-corrected chi connectivity index (χ0v) is 17.0. The van der Waals surface area contributed by atoms with E-state index in [9.17, 15) is 13.5 Å². The average Bonchev–Trinajstić information content (AvgIpc) is 3.02. The summed E-state index contributed by atoms with van der Waals surface area (Å²) in [7, 11) is -3.80. The van der Waals surface area contributed by atoms with E-state index in [-0.39, 0.29) is 30.6 Å². The van der Waals surface area contributed by atoms with Gasteiger partial charge in [-0.1, -0.05) is 51.1 Å². The molecule has 1 aromatic carbocycles. The van der Waals surface area contributed by atoms with E-state index >= 15 is 0 Å². The minimum Gasteiger partial charge on any atom is -0.395 e. The van der Waals surface area contributed by atoms with E-state index in [2.05, 4.69) is 5.10 Å². The second-order valence-corrected chi connectivity index (χ2v) is 9.62. The Labute approximate surface area is 156 Å². The van der Waals surface area contributed by atoms with E-state index in [0.717, 1.165) is 5.56 Å². The Morgan fingerprint density at radius 3 is 2.31 bits per heavy atom. The Morgan fingerprint density at radius 2 is 1.81 bits per heavy atom. The first-order chi connectivity index (χ1) is 12.1. The lowest BCUT2D eigenvalue weighted by Gasteiger charge is -2.24. The summed E-state index contributed by atoms with van der Waals surface area (Å²) in [4.78, 5) is 0.211. The molecular weight excluding hydrogens is 350 g/mol. The van der Waals surface area contributed by atoms with E-state index in [1.165, 1.54) is 4.31 Å². The highest BCUT2D eigenvalue weighted by molar-refractivity contribution is 7.89. The Morgan fingerprint density at radius 1 is 1.19 bits per heavy atom. The van der Waals surface area contributed by atoms with Crippen molar-refractivity contribution in [2.24, 2.45) is 0 Å². The second-order valence-electron chi connectivity index (χ2n) is 7.71. The third kappa shape index (κ3) is 4.52. The number of hydrogen-bond donors (Lipinski definition) is 1. The summed E-state index contributed by atoms with van der Waals surface area (Å²) >= 11 is 0. The highest BCUT2D eigenvalue weighted by Gasteiger charge is 2.34. The fourth-order valence-corrected chi connectivity index (χ4v) is 4.42. The van der Waals surface area contributed by atoms with Gasteiger partial charge in [0.1, 0.15) is 4.90 Å². The van der Waals surface area contributed by atoms with Gasteiger partial charge in [-0.2, -0.15) is 9.40 Å². The third-order valence-corrected chi connectivity index (χ3v) is 5.95. The minimum absolute atomic E-state index is 0.0354. The molecule has 0 atom stereocenters. The normalized spacial score (nSPS) is 12.9. The maximum Gasteiger partial charge on any atom is 0.246 e. The van der Waals surface area contributed by atoms with Crippen molar-refractivity contribution < 1.29 is 13.5 Å². The van der Waals surface area contributed by atoms with E-state index in [1.807, 2.05) is 65.0 Å². The molecule has 26 heavy (non-hydrogen) atoms. The van der Waals surface area contributed by atoms with Crippen LogP contribution in [0.4, 0.5) is 0 Å². The van der Waals surface area contributed by atoms with Gasteiger partial charge in [0.15, 0.2) is 0 Å². The molecule has 7 heteroatoms. The molecule has 0 aliphatic heterocycles. The average molecular weight is 380 g/mol. The van der Waals surface area contributed by atoms with Gasteiger partial charge in [-0.25, -0.2) is 8.42 Å². The molecule has 0 spiro atoms. The zero-order chi connectivity index (χ0) is 19.5. The van der Waals surface area contributed by atoms with Gasteiger partial charge in [0.25, 0.3) is 0 Å². The topological polar surface area (TPSA) is 75.4 Å². The summed E-state index contributed by atoms with van der Waals surface area (Å²) < 4.78 is 29.8. The van der Waals surface area contributed by atoms with Gasteiger partial charge < -0.3 is 5.11 Å². The highest BCUT2D eigenvalue weighted by atomic mass is 32.2. The molecule has 0 aliphatic carbocycles. The SMILES string of the molecule is CC(C)n1cc(S(=O)(=O)N(CCO)Cc2ccccc2)c(C(C)(C)C)n1. The standard InChI is InChI=1S/C19H29N3O3S/c1-15(2)22-14-17(18(20-22)19(3,4)5)26(24,25)21(11-12-23)13-16-9-7-6-8-10-16/h6-10,14-15,23H,11-13H2,1-5H3. The summed E-state index contributed by atoms with van der Waals surface area (Å²) in [6.07, 6.45) is 1.61. The molecule has 0 saturated carbocycles. The molecule has 6 nitrogen and oxygen atoms in total. The number of rotatable bonds is 7. The second kappa shape index (κ2) is 7.90. The first-order valence-corrected chi connectivity index (χ1v) is 10.3. The van der Waals surface area contributed by atoms with Crippen LogP contribution in [0.5, 0.6) is 0 Å². The van der Waals surface area contributed by atoms with E-state index in [0.29, 0.717) is 5.69 Å². The Hall–Kier alpha value is -1.70. The number of aliphatic hydroxyl groups is 1. The molecule has 0 bridgehead atoms. The molecule has 0 radical (unpaired) electrons. The van der Waals surface area contributed by atoms with Crippen LogP contribution in [0.1, 0.15) is 51.9 Å². The first kappa shape index (κ1) is 20.6. The third-order valence-electron chi connectivity index (χ3n) is 4.11. The predicted octanol–water partition coefficient (Wildman–Crippen LogP) is 2.94. The Bertz CT molecular complexity index is 821. The fourth-order valence-electron chi connectivity index (χ4n) is 2.67. The molecule has 1 aromatic heterocycles. The van der Waals surface area contributed by atoms with Crippen LogP contribution in [0.3, 0.4) is 0 Å². The van der Waals surface area contributed by atoms with Crippen LogP contribution in [0, 0.1) is 0 Å². The first-order valence-electron chi connectivity index (χ1n) is 8.82. The van der Waals surface area contributed by atoms with Crippen molar-refractivity contribution in [3.63, 3.8) is 0 Å². The number of hydrogen-bond acceptors (Lipinski definition) is 4. The van der Waals surface area contributed by atoms with Crippen LogP contribution in [-0.4, -0.2) is 40.8 Å². The molecule has 144 valence electrons. The van der Waals surface area contributed by atoms with E-state index < -0.39 is 15.4 Å². The van der Waals surface area contributed by atoms with Gasteiger partial charge in [-0.3, -0.25) is 4.68 Å². The fraction of sp³-hybridized carbons (Fsp3) is 0.526. The molecule has 1 heterocycles. The predicted molar refractivity (Wildman–Crippen MR) is 102 cm³/mol. The van der Waals surface area contributed by atoms with Crippen molar-refractivity contribution >= 4 is 10.0 Å². The van der Waals surface area contributed by atoms with Gasteiger partial charge in [-0.15, -0.1) is 0 Å². The summed E-state index contributed by atoms with van der Waals surface area (Å²) in [5, 5.41) is 14.0. The van der Waals surface area contributed by atoms with Crippen molar-refractivity contribution in [3.05, 3.63) is 47.8 Å². The maximum atomic E-state index is 13.4. The lowest BCUT2D eigenvalue weighted by Crippen LogP contribution is -2.34. The molecule has 0 unspecified atom stereocenters. The molecular formula is C19H29N3O3S. The van der Waals surface area contributed by atoms with Crippen molar-refractivity contribution in [1.29, 1.82) is 0 Å². The van der Waals surface area contributed by atoms with Crippen LogP contribution in [0.2, 0.25) is 0 Å². The van der Waals surface area contributed by atoms with Gasteiger partial charge in [0.2, 0.25) is 10.0 Å². The molecule has 1 N–H and O–H groups in total. The number of sulfonamides is 1. The minimum atomic E-state index is -3.80. The summed E-state index contributed by atoms with van der Waals surface area (Å²) in [5.74, 6) is 0. The Kier molecular flexibility index (Phi) is 6.26. The molecule has 0 fully saturated rings. The van der Waals surface area contributed by atoms with Crippen LogP contribution in [-0.2, 0) is 22.0 Å². The molecule has 0 saturated heterocycles. The van der Waals surface area contributed by atoms with Crippen LogP contribution < -0.4 is 0 Å². The van der Waals surface area contributed by atoms with E-state index in [4.69, 9.17) is 0 Å². The van der Waals surface area contributed by atoms with E-state index in [1.54, 1.807) is 10.9 Å². The van der Waals surface area contributed by atoms with Gasteiger partial charge in [0, 0.05) is 30.7 Å². The zero-order valence-electron chi connectivity index (χ0n) is 16.2. The maximum absolute atomic E-state index is 13.4. The van der Waals surface area contributed by atoms with Crippen molar-refractivity contribution in [2.75, 3.05) is 13.2 Å². The largest absolute Gasteiger partial charge is 0.395 e. The lowest BCUT2D eigenvalue weighted by molar-refractivity contribution is 0.251. The molecule has 0 amide bonds. The van der Waals surface area contributed by atoms with Gasteiger partial charge in [0.05, 0.1) is 12.3 Å². The highest BCUT2D eigenvalue weighted by Crippen LogP contribution is 2.31. The monoisotopic (exact) mass is 379 g/mol. The molecule has 2 rings (SSSR count). The van der Waals surface area contributed by atoms with Crippen LogP contribution in [0.25, 0.3) is 0 Å².